The molecule has 0 unspecified atom stereocenters. The molecule has 0 saturated heterocycles. The van der Waals surface area contributed by atoms with Crippen LogP contribution in [-0.4, -0.2) is 12.2 Å². The molecule has 0 saturated carbocycles. The summed E-state index contributed by atoms with van der Waals surface area (Å²) < 4.78 is 11.1. The number of hydrogen-bond donors (Lipinski definition) is 2. The first kappa shape index (κ1) is 29.2. The topological polar surface area (TPSA) is 76.7 Å². The number of ether oxygens (including phenoxy) is 2. The number of nitrogens with one attached hydrogen (secondary N) is 2. The van der Waals surface area contributed by atoms with Crippen LogP contribution in [0.15, 0.2) is 72.8 Å². The third-order valence-electron chi connectivity index (χ3n) is 5.22. The molecular formula is C27H16Cl6N2O4. The molecule has 0 fully saturated rings. The first-order valence-corrected chi connectivity index (χ1v) is 13.3. The van der Waals surface area contributed by atoms with Crippen LogP contribution in [0, 0.1) is 0 Å². The van der Waals surface area contributed by atoms with Crippen molar-refractivity contribution >= 4 is 93.2 Å². The number of amides is 2. The molecule has 0 aromatic heterocycles. The van der Waals surface area contributed by atoms with Crippen molar-refractivity contribution in [3.63, 3.8) is 0 Å². The van der Waals surface area contributed by atoms with E-state index in [0.29, 0.717) is 11.4 Å². The van der Waals surface area contributed by atoms with Crippen LogP contribution in [0.1, 0.15) is 11.1 Å². The molecule has 2 amide bonds. The van der Waals surface area contributed by atoms with Crippen molar-refractivity contribution < 1.29 is 19.1 Å². The highest BCUT2D eigenvalue weighted by Gasteiger charge is 2.25. The monoisotopic (exact) mass is 642 g/mol. The molecule has 6 nitrogen and oxygen atoms in total. The van der Waals surface area contributed by atoms with E-state index >= 15 is 0 Å². The number of rotatable bonds is 6. The lowest BCUT2D eigenvalue weighted by molar-refractivity contribution is 0.214. The maximum atomic E-state index is 12.7. The number of carbonyl (C=O) groups is 2. The second kappa shape index (κ2) is 13.0. The van der Waals surface area contributed by atoms with E-state index in [2.05, 4.69) is 10.6 Å². The lowest BCUT2D eigenvalue weighted by Gasteiger charge is -2.19. The molecule has 4 aromatic carbocycles. The molecule has 0 atom stereocenters. The van der Waals surface area contributed by atoms with Gasteiger partial charge in [-0.1, -0.05) is 106 Å². The van der Waals surface area contributed by atoms with Gasteiger partial charge >= 0.3 is 12.2 Å². The summed E-state index contributed by atoms with van der Waals surface area (Å²) in [6.45, 7) is 0. The molecule has 0 heterocycles. The minimum atomic E-state index is -0.836. The second-order valence-electron chi connectivity index (χ2n) is 7.86. The quantitative estimate of drug-likeness (QED) is 0.205. The summed E-state index contributed by atoms with van der Waals surface area (Å²) in [5, 5.41) is 5.39. The van der Waals surface area contributed by atoms with Gasteiger partial charge in [0.25, 0.3) is 0 Å². The molecule has 4 aromatic rings. The van der Waals surface area contributed by atoms with E-state index in [1.807, 2.05) is 0 Å². The van der Waals surface area contributed by atoms with Gasteiger partial charge in [-0.3, -0.25) is 10.6 Å². The molecule has 12 heteroatoms. The van der Waals surface area contributed by atoms with Crippen molar-refractivity contribution in [2.75, 3.05) is 10.6 Å². The predicted octanol–water partition coefficient (Wildman–Crippen LogP) is 10.4. The Hall–Kier alpha value is -2.84. The third kappa shape index (κ3) is 7.22. The van der Waals surface area contributed by atoms with E-state index in [-0.39, 0.29) is 59.2 Å². The second-order valence-corrected chi connectivity index (χ2v) is 10.2. The van der Waals surface area contributed by atoms with Crippen molar-refractivity contribution in [2.45, 2.75) is 6.42 Å². The maximum absolute atomic E-state index is 12.7. The average Bonchev–Trinajstić information content (AvgIpc) is 2.90. The van der Waals surface area contributed by atoms with Crippen molar-refractivity contribution in [2.24, 2.45) is 0 Å². The van der Waals surface area contributed by atoms with Gasteiger partial charge < -0.3 is 9.47 Å². The van der Waals surface area contributed by atoms with Crippen LogP contribution >= 0.6 is 69.6 Å². The Kier molecular flexibility index (Phi) is 9.72. The summed E-state index contributed by atoms with van der Waals surface area (Å²) in [4.78, 5) is 25.4. The van der Waals surface area contributed by atoms with E-state index in [1.165, 1.54) is 12.1 Å². The fourth-order valence-electron chi connectivity index (χ4n) is 3.48. The highest BCUT2D eigenvalue weighted by atomic mass is 35.5. The van der Waals surface area contributed by atoms with Crippen LogP contribution < -0.4 is 20.1 Å². The van der Waals surface area contributed by atoms with E-state index < -0.39 is 12.2 Å². The molecule has 39 heavy (non-hydrogen) atoms. The minimum absolute atomic E-state index is 0.00357. The van der Waals surface area contributed by atoms with Gasteiger partial charge in [-0.15, -0.1) is 0 Å². The summed E-state index contributed by atoms with van der Waals surface area (Å²) in [7, 11) is 0. The maximum Gasteiger partial charge on any atom is 0.417 e. The van der Waals surface area contributed by atoms with Crippen molar-refractivity contribution in [1.82, 2.24) is 0 Å². The highest BCUT2D eigenvalue weighted by Crippen LogP contribution is 2.45. The fraction of sp³-hybridized carbons (Fsp3) is 0.0370. The predicted molar refractivity (Wildman–Crippen MR) is 158 cm³/mol. The van der Waals surface area contributed by atoms with Gasteiger partial charge in [0.2, 0.25) is 0 Å². The van der Waals surface area contributed by atoms with E-state index in [9.17, 15) is 9.59 Å². The molecule has 0 aliphatic rings. The third-order valence-corrected chi connectivity index (χ3v) is 7.44. The Bertz CT molecular complexity index is 1420. The molecule has 0 bridgehead atoms. The van der Waals surface area contributed by atoms with Gasteiger partial charge in [0.05, 0.1) is 30.1 Å². The van der Waals surface area contributed by atoms with Crippen molar-refractivity contribution in [1.29, 1.82) is 0 Å². The van der Waals surface area contributed by atoms with Gasteiger partial charge in [-0.2, -0.15) is 0 Å². The van der Waals surface area contributed by atoms with E-state index in [0.717, 1.165) is 0 Å². The van der Waals surface area contributed by atoms with Crippen molar-refractivity contribution in [3.05, 3.63) is 114 Å². The van der Waals surface area contributed by atoms with Crippen molar-refractivity contribution in [3.8, 4) is 11.5 Å². The molecule has 4 rings (SSSR count). The standard InChI is InChI=1S/C27H16Cl6N2O4/c28-18-12-20(30)24(38-26(36)34-14-7-3-1-4-8-14)16(22(18)32)11-17-23(33)19(29)13-21(31)25(17)39-27(37)35-15-9-5-2-6-10-15/h1-10,12-13H,11H2,(H,34,36)(H,35,37). The lowest BCUT2D eigenvalue weighted by atomic mass is 10.0. The van der Waals surface area contributed by atoms with Gasteiger partial charge in [-0.05, 0) is 36.4 Å². The number of halogens is 6. The largest absolute Gasteiger partial charge is 0.417 e. The molecular weight excluding hydrogens is 629 g/mol. The molecule has 0 radical (unpaired) electrons. The van der Waals surface area contributed by atoms with Crippen LogP contribution in [0.2, 0.25) is 30.1 Å². The summed E-state index contributed by atoms with van der Waals surface area (Å²) in [6, 6.07) is 19.9. The molecule has 0 spiro atoms. The van der Waals surface area contributed by atoms with E-state index in [1.54, 1.807) is 60.7 Å². The highest BCUT2D eigenvalue weighted by molar-refractivity contribution is 6.45. The van der Waals surface area contributed by atoms with Gasteiger partial charge in [-0.25, -0.2) is 9.59 Å². The minimum Gasteiger partial charge on any atom is -0.408 e. The Morgan fingerprint density at radius 2 is 0.923 bits per heavy atom. The number of para-hydroxylation sites is 2. The number of carbonyl (C=O) groups excluding carboxylic acids is 2. The zero-order valence-electron chi connectivity index (χ0n) is 19.5. The fourth-order valence-corrected chi connectivity index (χ4v) is 4.98. The summed E-state index contributed by atoms with van der Waals surface area (Å²) in [5.74, 6) is -0.183. The van der Waals surface area contributed by atoms with Crippen LogP contribution in [0.4, 0.5) is 21.0 Å². The first-order valence-electron chi connectivity index (χ1n) is 11.0. The molecule has 2 N–H and O–H groups in total. The summed E-state index contributed by atoms with van der Waals surface area (Å²) >= 11 is 38.5. The normalized spacial score (nSPS) is 10.6. The summed E-state index contributed by atoms with van der Waals surface area (Å²) in [6.07, 6.45) is -1.85. The van der Waals surface area contributed by atoms with Gasteiger partial charge in [0.1, 0.15) is 0 Å². The van der Waals surface area contributed by atoms with Gasteiger partial charge in [0, 0.05) is 28.9 Å². The molecule has 0 aliphatic carbocycles. The van der Waals surface area contributed by atoms with Crippen LogP contribution in [0.5, 0.6) is 11.5 Å². The van der Waals surface area contributed by atoms with Crippen LogP contribution in [0.25, 0.3) is 0 Å². The Balaban J connectivity index is 1.70. The molecule has 0 aliphatic heterocycles. The van der Waals surface area contributed by atoms with E-state index in [4.69, 9.17) is 79.1 Å². The summed E-state index contributed by atoms with van der Waals surface area (Å²) in [5.41, 5.74) is 1.33. The van der Waals surface area contributed by atoms with Crippen LogP contribution in [0.3, 0.4) is 0 Å². The molecule has 200 valence electrons. The first-order chi connectivity index (χ1) is 18.6. The SMILES string of the molecule is O=C(Nc1ccccc1)Oc1c(Cl)cc(Cl)c(Cl)c1Cc1c(Cl)c(Cl)cc(Cl)c1OC(=O)Nc1ccccc1. The zero-order valence-corrected chi connectivity index (χ0v) is 24.1. The number of anilines is 2. The Labute approximate surface area is 253 Å². The Morgan fingerprint density at radius 3 is 1.28 bits per heavy atom. The zero-order chi connectivity index (χ0) is 28.1. The van der Waals surface area contributed by atoms with Crippen LogP contribution in [-0.2, 0) is 6.42 Å². The average molecular weight is 645 g/mol. The van der Waals surface area contributed by atoms with Gasteiger partial charge in [0.15, 0.2) is 11.5 Å². The smallest absolute Gasteiger partial charge is 0.408 e. The lowest BCUT2D eigenvalue weighted by Crippen LogP contribution is -2.19. The Morgan fingerprint density at radius 1 is 0.564 bits per heavy atom. The number of benzene rings is 4. The number of hydrogen-bond acceptors (Lipinski definition) is 4.